The molecule has 0 radical (unpaired) electrons. The topological polar surface area (TPSA) is 24.9 Å². The maximum absolute atomic E-state index is 4.78. The fourth-order valence-corrected chi connectivity index (χ4v) is 3.11. The van der Waals surface area contributed by atoms with E-state index in [0.29, 0.717) is 11.3 Å². The molecule has 84 valence electrons. The van der Waals surface area contributed by atoms with Crippen LogP contribution in [0, 0.1) is 5.92 Å². The van der Waals surface area contributed by atoms with Crippen LogP contribution in [-0.4, -0.2) is 18.6 Å². The molecule has 0 unspecified atom stereocenters. The lowest BCUT2D eigenvalue weighted by Gasteiger charge is -2.10. The summed E-state index contributed by atoms with van der Waals surface area (Å²) in [6, 6.07) is 0. The lowest BCUT2D eigenvalue weighted by atomic mass is 10.1. The quantitative estimate of drug-likeness (QED) is 0.831. The third-order valence-corrected chi connectivity index (χ3v) is 4.13. The molecule has 0 amide bonds. The highest BCUT2D eigenvalue weighted by Crippen LogP contribution is 2.48. The van der Waals surface area contributed by atoms with Gasteiger partial charge in [0.25, 0.3) is 0 Å². The minimum atomic E-state index is 0.397. The molecule has 2 nitrogen and oxygen atoms in total. The molecule has 15 heavy (non-hydrogen) atoms. The molecule has 0 saturated heterocycles. The van der Waals surface area contributed by atoms with Crippen molar-refractivity contribution in [2.75, 3.05) is 13.6 Å². The summed E-state index contributed by atoms with van der Waals surface area (Å²) in [4.78, 5) is 4.78. The van der Waals surface area contributed by atoms with Gasteiger partial charge in [0.2, 0.25) is 0 Å². The predicted molar refractivity (Wildman–Crippen MR) is 65.5 cm³/mol. The SMILES string of the molecule is CNCC1(c2nc(CC(C)C)cs2)CC1. The second kappa shape index (κ2) is 4.22. The normalized spacial score (nSPS) is 18.4. The van der Waals surface area contributed by atoms with Crippen LogP contribution in [0.15, 0.2) is 5.38 Å². The van der Waals surface area contributed by atoms with Gasteiger partial charge in [-0.25, -0.2) is 4.98 Å². The monoisotopic (exact) mass is 224 g/mol. The van der Waals surface area contributed by atoms with Crippen LogP contribution in [0.2, 0.25) is 0 Å². The summed E-state index contributed by atoms with van der Waals surface area (Å²) >= 11 is 1.85. The van der Waals surface area contributed by atoms with Gasteiger partial charge in [0.1, 0.15) is 5.01 Å². The zero-order valence-electron chi connectivity index (χ0n) is 9.84. The van der Waals surface area contributed by atoms with Crippen LogP contribution < -0.4 is 5.32 Å². The summed E-state index contributed by atoms with van der Waals surface area (Å²) in [6.07, 6.45) is 3.73. The van der Waals surface area contributed by atoms with Crippen LogP contribution in [-0.2, 0) is 11.8 Å². The molecule has 0 aromatic carbocycles. The molecule has 1 aromatic heterocycles. The zero-order valence-corrected chi connectivity index (χ0v) is 10.7. The second-order valence-electron chi connectivity index (χ2n) is 5.05. The standard InChI is InChI=1S/C12H20N2S/c1-9(2)6-10-7-15-11(14-10)12(4-5-12)8-13-3/h7,9,13H,4-6,8H2,1-3H3. The Balaban J connectivity index is 2.07. The second-order valence-corrected chi connectivity index (χ2v) is 5.91. The minimum Gasteiger partial charge on any atom is -0.319 e. The van der Waals surface area contributed by atoms with Crippen LogP contribution in [0.4, 0.5) is 0 Å². The molecular formula is C12H20N2S. The molecule has 0 spiro atoms. The van der Waals surface area contributed by atoms with Crippen LogP contribution in [0.1, 0.15) is 37.4 Å². The van der Waals surface area contributed by atoms with Gasteiger partial charge in [-0.15, -0.1) is 11.3 Å². The van der Waals surface area contributed by atoms with Crippen molar-refractivity contribution in [1.82, 2.24) is 10.3 Å². The lowest BCUT2D eigenvalue weighted by Crippen LogP contribution is -2.23. The minimum absolute atomic E-state index is 0.397. The summed E-state index contributed by atoms with van der Waals surface area (Å²) in [5, 5.41) is 6.88. The molecule has 0 atom stereocenters. The van der Waals surface area contributed by atoms with E-state index < -0.39 is 0 Å². The first-order chi connectivity index (χ1) is 7.16. The number of rotatable bonds is 5. The molecule has 0 aliphatic heterocycles. The molecule has 3 heteroatoms. The highest BCUT2D eigenvalue weighted by molar-refractivity contribution is 7.09. The van der Waals surface area contributed by atoms with Crippen LogP contribution in [0.5, 0.6) is 0 Å². The number of hydrogen-bond donors (Lipinski definition) is 1. The molecule has 2 rings (SSSR count). The first kappa shape index (κ1) is 11.1. The van der Waals surface area contributed by atoms with Crippen molar-refractivity contribution in [3.63, 3.8) is 0 Å². The van der Waals surface area contributed by atoms with Crippen molar-refractivity contribution in [3.05, 3.63) is 16.1 Å². The summed E-state index contributed by atoms with van der Waals surface area (Å²) in [6.45, 7) is 5.58. The Labute approximate surface area is 96.1 Å². The molecule has 1 N–H and O–H groups in total. The van der Waals surface area contributed by atoms with Crippen molar-refractivity contribution in [1.29, 1.82) is 0 Å². The number of nitrogens with zero attached hydrogens (tertiary/aromatic N) is 1. The average Bonchev–Trinajstić information content (AvgIpc) is 2.79. The Morgan fingerprint density at radius 1 is 1.53 bits per heavy atom. The first-order valence-electron chi connectivity index (χ1n) is 5.76. The van der Waals surface area contributed by atoms with Gasteiger partial charge < -0.3 is 5.32 Å². The van der Waals surface area contributed by atoms with Crippen LogP contribution in [0.3, 0.4) is 0 Å². The summed E-state index contributed by atoms with van der Waals surface area (Å²) < 4.78 is 0. The Morgan fingerprint density at radius 2 is 2.27 bits per heavy atom. The van der Waals surface area contributed by atoms with Gasteiger partial charge in [0.05, 0.1) is 5.69 Å². The fourth-order valence-electron chi connectivity index (χ4n) is 2.02. The van der Waals surface area contributed by atoms with E-state index in [-0.39, 0.29) is 0 Å². The molecule has 1 aromatic rings. The van der Waals surface area contributed by atoms with Gasteiger partial charge in [0.15, 0.2) is 0 Å². The van der Waals surface area contributed by atoms with Gasteiger partial charge in [-0.05, 0) is 32.2 Å². The lowest BCUT2D eigenvalue weighted by molar-refractivity contribution is 0.606. The highest BCUT2D eigenvalue weighted by Gasteiger charge is 2.46. The number of aromatic nitrogens is 1. The van der Waals surface area contributed by atoms with E-state index in [2.05, 4.69) is 24.5 Å². The van der Waals surface area contributed by atoms with E-state index in [1.807, 2.05) is 18.4 Å². The Morgan fingerprint density at radius 3 is 2.80 bits per heavy atom. The molecule has 1 fully saturated rings. The molecule has 1 heterocycles. The van der Waals surface area contributed by atoms with E-state index >= 15 is 0 Å². The van der Waals surface area contributed by atoms with E-state index in [1.165, 1.54) is 23.5 Å². The van der Waals surface area contributed by atoms with Gasteiger partial charge in [0, 0.05) is 17.3 Å². The van der Waals surface area contributed by atoms with Crippen molar-refractivity contribution in [3.8, 4) is 0 Å². The van der Waals surface area contributed by atoms with E-state index in [4.69, 9.17) is 4.98 Å². The van der Waals surface area contributed by atoms with E-state index in [1.54, 1.807) is 0 Å². The summed E-state index contributed by atoms with van der Waals surface area (Å²) in [5.41, 5.74) is 1.68. The Bertz CT molecular complexity index is 326. The van der Waals surface area contributed by atoms with Gasteiger partial charge in [-0.3, -0.25) is 0 Å². The molecule has 1 aliphatic rings. The molecular weight excluding hydrogens is 204 g/mol. The summed E-state index contributed by atoms with van der Waals surface area (Å²) in [5.74, 6) is 0.708. The van der Waals surface area contributed by atoms with Crippen molar-refractivity contribution < 1.29 is 0 Å². The average molecular weight is 224 g/mol. The number of hydrogen-bond acceptors (Lipinski definition) is 3. The number of likely N-dealkylation sites (N-methyl/N-ethyl adjacent to an activating group) is 1. The molecule has 0 bridgehead atoms. The van der Waals surface area contributed by atoms with Gasteiger partial charge >= 0.3 is 0 Å². The molecule has 1 saturated carbocycles. The van der Waals surface area contributed by atoms with Gasteiger partial charge in [-0.2, -0.15) is 0 Å². The first-order valence-corrected chi connectivity index (χ1v) is 6.64. The third kappa shape index (κ3) is 2.40. The van der Waals surface area contributed by atoms with Crippen molar-refractivity contribution in [2.24, 2.45) is 5.92 Å². The van der Waals surface area contributed by atoms with Crippen molar-refractivity contribution >= 4 is 11.3 Å². The number of nitrogens with one attached hydrogen (secondary N) is 1. The maximum Gasteiger partial charge on any atom is 0.100 e. The Kier molecular flexibility index (Phi) is 3.12. The summed E-state index contributed by atoms with van der Waals surface area (Å²) in [7, 11) is 2.03. The van der Waals surface area contributed by atoms with E-state index in [9.17, 15) is 0 Å². The maximum atomic E-state index is 4.78. The van der Waals surface area contributed by atoms with E-state index in [0.717, 1.165) is 13.0 Å². The fraction of sp³-hybridized carbons (Fsp3) is 0.750. The van der Waals surface area contributed by atoms with Crippen LogP contribution >= 0.6 is 11.3 Å². The largest absolute Gasteiger partial charge is 0.319 e. The van der Waals surface area contributed by atoms with Crippen LogP contribution in [0.25, 0.3) is 0 Å². The zero-order chi connectivity index (χ0) is 10.9. The highest BCUT2D eigenvalue weighted by atomic mass is 32.1. The molecule has 1 aliphatic carbocycles. The van der Waals surface area contributed by atoms with Crippen molar-refractivity contribution in [2.45, 2.75) is 38.5 Å². The predicted octanol–water partition coefficient (Wildman–Crippen LogP) is 2.59. The number of thiazole rings is 1. The smallest absolute Gasteiger partial charge is 0.100 e. The third-order valence-electron chi connectivity index (χ3n) is 2.99. The Hall–Kier alpha value is -0.410. The van der Waals surface area contributed by atoms with Gasteiger partial charge in [-0.1, -0.05) is 13.8 Å².